The molecule has 0 atom stereocenters. The minimum Gasteiger partial charge on any atom is -0.496 e. The third-order valence-corrected chi connectivity index (χ3v) is 5.33. The van der Waals surface area contributed by atoms with Crippen molar-refractivity contribution < 1.29 is 23.7 Å². The largest absolute Gasteiger partial charge is 0.496 e. The number of nitrogens with zero attached hydrogens (tertiary/aromatic N) is 1. The number of rotatable bonds is 7. The van der Waals surface area contributed by atoms with E-state index in [2.05, 4.69) is 20.9 Å². The number of carbonyl (C=O) groups is 1. The molecule has 0 saturated heterocycles. The Hall–Kier alpha value is -2.58. The van der Waals surface area contributed by atoms with Crippen LogP contribution in [0.2, 0.25) is 0 Å². The molecular formula is C20H18BrNO5S. The van der Waals surface area contributed by atoms with Gasteiger partial charge in [-0.2, -0.15) is 0 Å². The Bertz CT molecular complexity index is 988. The lowest BCUT2D eigenvalue weighted by molar-refractivity contribution is 0.0468. The molecule has 6 nitrogen and oxygen atoms in total. The summed E-state index contributed by atoms with van der Waals surface area (Å²) in [5, 5.41) is 2.65. The van der Waals surface area contributed by atoms with E-state index < -0.39 is 5.97 Å². The Kier molecular flexibility index (Phi) is 6.53. The summed E-state index contributed by atoms with van der Waals surface area (Å²) in [5.41, 5.74) is 1.91. The summed E-state index contributed by atoms with van der Waals surface area (Å²) >= 11 is 4.92. The minimum absolute atomic E-state index is 0.0694. The zero-order chi connectivity index (χ0) is 20.1. The summed E-state index contributed by atoms with van der Waals surface area (Å²) in [5.74, 6) is 1.28. The van der Waals surface area contributed by atoms with Crippen LogP contribution in [-0.2, 0) is 11.3 Å². The second-order valence-corrected chi connectivity index (χ2v) is 7.41. The van der Waals surface area contributed by atoms with E-state index in [1.165, 1.54) is 25.6 Å². The summed E-state index contributed by atoms with van der Waals surface area (Å²) < 4.78 is 22.1. The van der Waals surface area contributed by atoms with Crippen molar-refractivity contribution in [1.29, 1.82) is 0 Å². The molecule has 0 aliphatic rings. The minimum atomic E-state index is -0.462. The molecule has 2 aromatic carbocycles. The van der Waals surface area contributed by atoms with Crippen LogP contribution in [0.3, 0.4) is 0 Å². The number of thiazole rings is 1. The first-order valence-corrected chi connectivity index (χ1v) is 9.90. The van der Waals surface area contributed by atoms with E-state index in [1.807, 2.05) is 23.6 Å². The first-order valence-electron chi connectivity index (χ1n) is 8.23. The SMILES string of the molecule is COc1ccc(C(=O)OCc2csc(-c3cc(Br)ccc3OC)n2)cc1OC. The van der Waals surface area contributed by atoms with Gasteiger partial charge in [0.05, 0.1) is 38.2 Å². The molecule has 146 valence electrons. The van der Waals surface area contributed by atoms with Crippen LogP contribution < -0.4 is 14.2 Å². The Balaban J connectivity index is 1.71. The van der Waals surface area contributed by atoms with Crippen molar-refractivity contribution in [3.05, 3.63) is 57.5 Å². The van der Waals surface area contributed by atoms with Gasteiger partial charge in [-0.25, -0.2) is 9.78 Å². The Labute approximate surface area is 175 Å². The van der Waals surface area contributed by atoms with Gasteiger partial charge in [-0.3, -0.25) is 0 Å². The first-order chi connectivity index (χ1) is 13.5. The quantitative estimate of drug-likeness (QED) is 0.461. The monoisotopic (exact) mass is 463 g/mol. The second kappa shape index (κ2) is 9.07. The van der Waals surface area contributed by atoms with Crippen LogP contribution in [0.1, 0.15) is 16.1 Å². The van der Waals surface area contributed by atoms with Crippen molar-refractivity contribution >= 4 is 33.2 Å². The highest BCUT2D eigenvalue weighted by Gasteiger charge is 2.15. The highest BCUT2D eigenvalue weighted by molar-refractivity contribution is 9.10. The zero-order valence-electron chi connectivity index (χ0n) is 15.5. The highest BCUT2D eigenvalue weighted by atomic mass is 79.9. The van der Waals surface area contributed by atoms with Crippen LogP contribution in [0.5, 0.6) is 17.2 Å². The third kappa shape index (κ3) is 4.45. The molecule has 3 rings (SSSR count). The van der Waals surface area contributed by atoms with Gasteiger partial charge in [0.25, 0.3) is 0 Å². The lowest BCUT2D eigenvalue weighted by atomic mass is 10.2. The number of hydrogen-bond donors (Lipinski definition) is 0. The maximum absolute atomic E-state index is 12.3. The number of methoxy groups -OCH3 is 3. The molecule has 1 heterocycles. The van der Waals surface area contributed by atoms with Gasteiger partial charge in [-0.15, -0.1) is 11.3 Å². The van der Waals surface area contributed by atoms with Gasteiger partial charge in [-0.1, -0.05) is 15.9 Å². The van der Waals surface area contributed by atoms with E-state index in [0.29, 0.717) is 22.8 Å². The summed E-state index contributed by atoms with van der Waals surface area (Å²) in [6.45, 7) is 0.0694. The van der Waals surface area contributed by atoms with Gasteiger partial charge in [0.15, 0.2) is 11.5 Å². The molecule has 8 heteroatoms. The number of esters is 1. The molecule has 0 aliphatic carbocycles. The maximum Gasteiger partial charge on any atom is 0.338 e. The van der Waals surface area contributed by atoms with E-state index in [4.69, 9.17) is 18.9 Å². The molecule has 3 aromatic rings. The Morgan fingerprint density at radius 2 is 1.71 bits per heavy atom. The molecule has 0 aliphatic heterocycles. The van der Waals surface area contributed by atoms with Crippen LogP contribution in [-0.4, -0.2) is 32.3 Å². The summed E-state index contributed by atoms with van der Waals surface area (Å²) in [7, 11) is 4.67. The molecule has 0 saturated carbocycles. The van der Waals surface area contributed by atoms with Gasteiger partial charge in [0.1, 0.15) is 17.4 Å². The molecule has 0 fully saturated rings. The fourth-order valence-electron chi connectivity index (χ4n) is 2.53. The van der Waals surface area contributed by atoms with E-state index in [0.717, 1.165) is 20.8 Å². The Morgan fingerprint density at radius 1 is 1.00 bits per heavy atom. The van der Waals surface area contributed by atoms with Gasteiger partial charge in [-0.05, 0) is 36.4 Å². The van der Waals surface area contributed by atoms with Gasteiger partial charge in [0.2, 0.25) is 0 Å². The van der Waals surface area contributed by atoms with Crippen LogP contribution in [0.15, 0.2) is 46.3 Å². The van der Waals surface area contributed by atoms with Crippen LogP contribution in [0.25, 0.3) is 10.6 Å². The molecule has 0 amide bonds. The number of hydrogen-bond acceptors (Lipinski definition) is 7. The summed E-state index contributed by atoms with van der Waals surface area (Å²) in [6.07, 6.45) is 0. The molecule has 1 aromatic heterocycles. The lowest BCUT2D eigenvalue weighted by Crippen LogP contribution is -2.06. The predicted molar refractivity (Wildman–Crippen MR) is 110 cm³/mol. The predicted octanol–water partition coefficient (Wildman–Crippen LogP) is 4.96. The lowest BCUT2D eigenvalue weighted by Gasteiger charge is -2.09. The number of benzene rings is 2. The topological polar surface area (TPSA) is 66.9 Å². The average molecular weight is 464 g/mol. The van der Waals surface area contributed by atoms with Crippen molar-refractivity contribution in [2.45, 2.75) is 6.61 Å². The number of carbonyl (C=O) groups excluding carboxylic acids is 1. The van der Waals surface area contributed by atoms with Crippen molar-refractivity contribution in [1.82, 2.24) is 4.98 Å². The van der Waals surface area contributed by atoms with E-state index in [1.54, 1.807) is 25.3 Å². The number of ether oxygens (including phenoxy) is 4. The average Bonchev–Trinajstić information content (AvgIpc) is 3.20. The normalized spacial score (nSPS) is 10.4. The van der Waals surface area contributed by atoms with Crippen LogP contribution in [0.4, 0.5) is 0 Å². The fourth-order valence-corrected chi connectivity index (χ4v) is 3.72. The van der Waals surface area contributed by atoms with Crippen molar-refractivity contribution in [2.24, 2.45) is 0 Å². The molecule has 0 spiro atoms. The molecule has 0 unspecified atom stereocenters. The molecule has 28 heavy (non-hydrogen) atoms. The van der Waals surface area contributed by atoms with Crippen LogP contribution in [0, 0.1) is 0 Å². The smallest absolute Gasteiger partial charge is 0.338 e. The molecule has 0 bridgehead atoms. The highest BCUT2D eigenvalue weighted by Crippen LogP contribution is 2.34. The van der Waals surface area contributed by atoms with E-state index >= 15 is 0 Å². The Morgan fingerprint density at radius 3 is 2.43 bits per heavy atom. The first kappa shape index (κ1) is 20.2. The van der Waals surface area contributed by atoms with Gasteiger partial charge in [0, 0.05) is 9.85 Å². The maximum atomic E-state index is 12.3. The van der Waals surface area contributed by atoms with Gasteiger partial charge < -0.3 is 18.9 Å². The zero-order valence-corrected chi connectivity index (χ0v) is 17.9. The third-order valence-electron chi connectivity index (χ3n) is 3.91. The summed E-state index contributed by atoms with van der Waals surface area (Å²) in [6, 6.07) is 10.6. The molecular weight excluding hydrogens is 446 g/mol. The molecule has 0 N–H and O–H groups in total. The van der Waals surface area contributed by atoms with Gasteiger partial charge >= 0.3 is 5.97 Å². The second-order valence-electron chi connectivity index (χ2n) is 5.63. The van der Waals surface area contributed by atoms with Crippen molar-refractivity contribution in [3.63, 3.8) is 0 Å². The fraction of sp³-hybridized carbons (Fsp3) is 0.200. The standard InChI is InChI=1S/C20H18BrNO5S/c1-24-16-7-5-13(21)9-15(16)19-22-14(11-28-19)10-27-20(23)12-4-6-17(25-2)18(8-12)26-3/h4-9,11H,10H2,1-3H3. The van der Waals surface area contributed by atoms with Crippen molar-refractivity contribution in [3.8, 4) is 27.8 Å². The summed E-state index contributed by atoms with van der Waals surface area (Å²) in [4.78, 5) is 16.9. The number of aromatic nitrogens is 1. The van der Waals surface area contributed by atoms with E-state index in [9.17, 15) is 4.79 Å². The van der Waals surface area contributed by atoms with Crippen LogP contribution >= 0.6 is 27.3 Å². The number of halogens is 1. The van der Waals surface area contributed by atoms with Crippen molar-refractivity contribution in [2.75, 3.05) is 21.3 Å². The molecule has 0 radical (unpaired) electrons. The van der Waals surface area contributed by atoms with E-state index in [-0.39, 0.29) is 6.61 Å².